The Kier molecular flexibility index (Phi) is 6.30. The van der Waals surface area contributed by atoms with E-state index >= 15 is 0 Å². The highest BCUT2D eigenvalue weighted by Crippen LogP contribution is 2.42. The Morgan fingerprint density at radius 2 is 1.66 bits per heavy atom. The number of hydrogen-bond donors (Lipinski definition) is 1. The van der Waals surface area contributed by atoms with Gasteiger partial charge in [-0.05, 0) is 66.4 Å². The number of halogens is 1. The van der Waals surface area contributed by atoms with Crippen molar-refractivity contribution in [1.82, 2.24) is 14.8 Å². The van der Waals surface area contributed by atoms with Gasteiger partial charge in [0.2, 0.25) is 0 Å². The fourth-order valence-corrected chi connectivity index (χ4v) is 5.45. The predicted molar refractivity (Wildman–Crippen MR) is 125 cm³/mol. The van der Waals surface area contributed by atoms with E-state index in [-0.39, 0.29) is 18.5 Å². The molecule has 2 aliphatic heterocycles. The summed E-state index contributed by atoms with van der Waals surface area (Å²) in [5.41, 5.74) is 4.62. The molecule has 1 N–H and O–H groups in total. The molecule has 166 valence electrons. The van der Waals surface area contributed by atoms with Crippen LogP contribution in [0.4, 0.5) is 4.39 Å². The van der Waals surface area contributed by atoms with E-state index in [0.29, 0.717) is 12.0 Å². The van der Waals surface area contributed by atoms with E-state index in [9.17, 15) is 9.50 Å². The first-order valence-corrected chi connectivity index (χ1v) is 11.6. The maximum absolute atomic E-state index is 13.3. The van der Waals surface area contributed by atoms with Crippen LogP contribution < -0.4 is 0 Å². The third-order valence-electron chi connectivity index (χ3n) is 7.06. The van der Waals surface area contributed by atoms with Crippen molar-refractivity contribution in [3.63, 3.8) is 0 Å². The van der Waals surface area contributed by atoms with Gasteiger partial charge in [-0.25, -0.2) is 4.39 Å². The summed E-state index contributed by atoms with van der Waals surface area (Å²) >= 11 is 0. The van der Waals surface area contributed by atoms with E-state index in [0.717, 1.165) is 43.7 Å². The zero-order chi connectivity index (χ0) is 21.9. The van der Waals surface area contributed by atoms with Crippen molar-refractivity contribution in [3.05, 3.63) is 90.0 Å². The lowest BCUT2D eigenvalue weighted by molar-refractivity contribution is -0.0655. The van der Waals surface area contributed by atoms with Gasteiger partial charge in [-0.1, -0.05) is 42.5 Å². The highest BCUT2D eigenvalue weighted by molar-refractivity contribution is 5.63. The Hall–Kier alpha value is -2.60. The number of rotatable bonds is 5. The van der Waals surface area contributed by atoms with Crippen LogP contribution in [0.5, 0.6) is 0 Å². The number of benzene rings is 2. The smallest absolute Gasteiger partial charge is 0.123 e. The minimum atomic E-state index is -0.217. The minimum Gasteiger partial charge on any atom is -0.395 e. The number of aromatic nitrogens is 1. The fraction of sp³-hybridized carbons (Fsp3) is 0.370. The average Bonchev–Trinajstić information content (AvgIpc) is 2.81. The standard InChI is InChI=1S/C27H30FN3O/c28-24-11-9-22(10-12-24)21-5-7-23(8-6-21)27-25-18-30(17-20-4-3-13-29-16-20)14-1-2-15-31(25)26(27)19-32/h3-13,16,25-27,32H,1-2,14-15,17-19H2/t25-,26-,27-/m0/s1. The van der Waals surface area contributed by atoms with Gasteiger partial charge >= 0.3 is 0 Å². The number of aliphatic hydroxyl groups is 1. The molecule has 4 nitrogen and oxygen atoms in total. The van der Waals surface area contributed by atoms with Crippen LogP contribution in [0.3, 0.4) is 0 Å². The zero-order valence-corrected chi connectivity index (χ0v) is 18.3. The molecule has 0 amide bonds. The quantitative estimate of drug-likeness (QED) is 0.653. The monoisotopic (exact) mass is 431 g/mol. The molecule has 1 aromatic heterocycles. The summed E-state index contributed by atoms with van der Waals surface area (Å²) in [6.07, 6.45) is 6.12. The van der Waals surface area contributed by atoms with Crippen molar-refractivity contribution in [2.75, 3.05) is 26.2 Å². The van der Waals surface area contributed by atoms with Crippen LogP contribution in [-0.2, 0) is 6.54 Å². The molecule has 2 aromatic carbocycles. The summed E-state index contributed by atoms with van der Waals surface area (Å²) < 4.78 is 13.3. The van der Waals surface area contributed by atoms with E-state index in [1.165, 1.54) is 29.7 Å². The van der Waals surface area contributed by atoms with Crippen LogP contribution in [0.25, 0.3) is 11.1 Å². The lowest BCUT2D eigenvalue weighted by atomic mass is 9.74. The van der Waals surface area contributed by atoms with E-state index in [1.807, 2.05) is 30.6 Å². The second kappa shape index (κ2) is 9.49. The van der Waals surface area contributed by atoms with E-state index < -0.39 is 0 Å². The van der Waals surface area contributed by atoms with Gasteiger partial charge in [0.25, 0.3) is 0 Å². The largest absolute Gasteiger partial charge is 0.395 e. The second-order valence-electron chi connectivity index (χ2n) is 9.01. The van der Waals surface area contributed by atoms with Crippen molar-refractivity contribution in [2.45, 2.75) is 37.4 Å². The molecule has 0 aliphatic carbocycles. The summed E-state index contributed by atoms with van der Waals surface area (Å²) in [4.78, 5) is 9.33. The molecule has 0 radical (unpaired) electrons. The lowest BCUT2D eigenvalue weighted by Gasteiger charge is -2.57. The van der Waals surface area contributed by atoms with Gasteiger partial charge in [-0.15, -0.1) is 0 Å². The number of pyridine rings is 1. The highest BCUT2D eigenvalue weighted by atomic mass is 19.1. The van der Waals surface area contributed by atoms with Gasteiger partial charge in [0, 0.05) is 43.5 Å². The topological polar surface area (TPSA) is 39.6 Å². The summed E-state index contributed by atoms with van der Waals surface area (Å²) in [5, 5.41) is 10.2. The van der Waals surface area contributed by atoms with Gasteiger partial charge in [0.05, 0.1) is 6.61 Å². The first-order chi connectivity index (χ1) is 15.7. The molecule has 2 saturated heterocycles. The number of nitrogens with zero attached hydrogens (tertiary/aromatic N) is 3. The number of hydrogen-bond acceptors (Lipinski definition) is 4. The van der Waals surface area contributed by atoms with Crippen molar-refractivity contribution in [2.24, 2.45) is 0 Å². The molecule has 3 heterocycles. The van der Waals surface area contributed by atoms with E-state index in [2.05, 4.69) is 45.1 Å². The van der Waals surface area contributed by atoms with Crippen LogP contribution in [-0.4, -0.2) is 58.2 Å². The molecule has 2 aliphatic rings. The summed E-state index contributed by atoms with van der Waals surface area (Å²) in [5.74, 6) is 0.0996. The third kappa shape index (κ3) is 4.33. The van der Waals surface area contributed by atoms with Crippen molar-refractivity contribution in [1.29, 1.82) is 0 Å². The number of fused-ring (bicyclic) bond motifs is 1. The first-order valence-electron chi connectivity index (χ1n) is 11.6. The summed E-state index contributed by atoms with van der Waals surface area (Å²) in [6.45, 7) is 4.25. The maximum Gasteiger partial charge on any atom is 0.123 e. The molecule has 0 unspecified atom stereocenters. The highest BCUT2D eigenvalue weighted by Gasteiger charge is 2.48. The molecule has 0 saturated carbocycles. The van der Waals surface area contributed by atoms with Gasteiger partial charge in [-0.3, -0.25) is 14.8 Å². The SMILES string of the molecule is OC[C@H]1[C@@H](c2ccc(-c3ccc(F)cc3)cc2)[C@@H]2CN(Cc3cccnc3)CCCCN12. The van der Waals surface area contributed by atoms with Gasteiger partial charge in [0.1, 0.15) is 5.82 Å². The fourth-order valence-electron chi connectivity index (χ4n) is 5.45. The van der Waals surface area contributed by atoms with Crippen LogP contribution in [0.15, 0.2) is 73.1 Å². The molecule has 3 aromatic rings. The average molecular weight is 432 g/mol. The molecule has 0 spiro atoms. The lowest BCUT2D eigenvalue weighted by Crippen LogP contribution is -2.67. The summed E-state index contributed by atoms with van der Waals surface area (Å²) in [6, 6.07) is 20.0. The molecule has 3 atom stereocenters. The van der Waals surface area contributed by atoms with Crippen LogP contribution in [0.1, 0.15) is 29.9 Å². The molecule has 2 fully saturated rings. The van der Waals surface area contributed by atoms with Crippen LogP contribution in [0.2, 0.25) is 0 Å². The second-order valence-corrected chi connectivity index (χ2v) is 9.01. The van der Waals surface area contributed by atoms with Gasteiger partial charge in [0.15, 0.2) is 0 Å². The molecule has 5 rings (SSSR count). The number of aliphatic hydroxyl groups excluding tert-OH is 1. The Morgan fingerprint density at radius 3 is 2.34 bits per heavy atom. The molecule has 0 bridgehead atoms. The van der Waals surface area contributed by atoms with Crippen LogP contribution in [0, 0.1) is 5.82 Å². The normalized spacial score (nSPS) is 24.2. The Labute approximate surface area is 189 Å². The molecule has 32 heavy (non-hydrogen) atoms. The van der Waals surface area contributed by atoms with Gasteiger partial charge < -0.3 is 5.11 Å². The first kappa shape index (κ1) is 21.3. The minimum absolute atomic E-state index is 0.176. The summed E-state index contributed by atoms with van der Waals surface area (Å²) in [7, 11) is 0. The molecular weight excluding hydrogens is 401 g/mol. The predicted octanol–water partition coefficient (Wildman–Crippen LogP) is 4.31. The maximum atomic E-state index is 13.3. The molecule has 5 heteroatoms. The van der Waals surface area contributed by atoms with Crippen molar-refractivity contribution < 1.29 is 9.50 Å². The molecular formula is C27H30FN3O. The Bertz CT molecular complexity index is 1010. The van der Waals surface area contributed by atoms with Crippen molar-refractivity contribution >= 4 is 0 Å². The van der Waals surface area contributed by atoms with Gasteiger partial charge in [-0.2, -0.15) is 0 Å². The van der Waals surface area contributed by atoms with Crippen molar-refractivity contribution in [3.8, 4) is 11.1 Å². The Balaban J connectivity index is 1.35. The third-order valence-corrected chi connectivity index (χ3v) is 7.06. The van der Waals surface area contributed by atoms with Crippen LogP contribution >= 0.6 is 0 Å². The Morgan fingerprint density at radius 1 is 0.938 bits per heavy atom. The zero-order valence-electron chi connectivity index (χ0n) is 18.3. The van der Waals surface area contributed by atoms with E-state index in [1.54, 1.807) is 0 Å². The van der Waals surface area contributed by atoms with E-state index in [4.69, 9.17) is 0 Å².